The van der Waals surface area contributed by atoms with Gasteiger partial charge in [0.25, 0.3) is 0 Å². The lowest BCUT2D eigenvalue weighted by atomic mass is 10.4. The van der Waals surface area contributed by atoms with Crippen molar-refractivity contribution in [3.05, 3.63) is 5.28 Å². The fourth-order valence-corrected chi connectivity index (χ4v) is 1.95. The van der Waals surface area contributed by atoms with E-state index in [0.717, 1.165) is 25.9 Å². The molecule has 1 N–H and O–H groups in total. The monoisotopic (exact) mass is 284 g/mol. The van der Waals surface area contributed by atoms with Crippen molar-refractivity contribution in [1.82, 2.24) is 19.9 Å². The maximum absolute atomic E-state index is 11.5. The number of nitrogens with one attached hydrogen (secondary N) is 1. The van der Waals surface area contributed by atoms with Gasteiger partial charge in [0.1, 0.15) is 0 Å². The number of aromatic nitrogens is 3. The van der Waals surface area contributed by atoms with Gasteiger partial charge in [-0.25, -0.2) is 0 Å². The van der Waals surface area contributed by atoms with Crippen LogP contribution in [0.15, 0.2) is 0 Å². The lowest BCUT2D eigenvalue weighted by Gasteiger charge is -2.16. The summed E-state index contributed by atoms with van der Waals surface area (Å²) in [5.41, 5.74) is 0. The van der Waals surface area contributed by atoms with Crippen LogP contribution < -0.4 is 10.2 Å². The molecular formula is C11H17ClN6O. The quantitative estimate of drug-likeness (QED) is 0.874. The average molecular weight is 285 g/mol. The van der Waals surface area contributed by atoms with Crippen molar-refractivity contribution in [2.24, 2.45) is 0 Å². The van der Waals surface area contributed by atoms with Gasteiger partial charge < -0.3 is 15.1 Å². The standard InChI is InChI=1S/C11H17ClN6O/c1-17(2)8(19)7-13-10-14-9(12)15-11(16-10)18-5-3-4-6-18/h3-7H2,1-2H3,(H,13,14,15,16). The molecule has 2 rings (SSSR count). The number of halogens is 1. The summed E-state index contributed by atoms with van der Waals surface area (Å²) < 4.78 is 0. The van der Waals surface area contributed by atoms with Gasteiger partial charge in [-0.1, -0.05) is 0 Å². The largest absolute Gasteiger partial charge is 0.347 e. The highest BCUT2D eigenvalue weighted by Crippen LogP contribution is 2.18. The van der Waals surface area contributed by atoms with Crippen molar-refractivity contribution in [2.75, 3.05) is 43.9 Å². The van der Waals surface area contributed by atoms with Gasteiger partial charge in [0.05, 0.1) is 6.54 Å². The number of carbonyl (C=O) groups is 1. The van der Waals surface area contributed by atoms with Crippen molar-refractivity contribution in [1.29, 1.82) is 0 Å². The summed E-state index contributed by atoms with van der Waals surface area (Å²) in [6, 6.07) is 0. The smallest absolute Gasteiger partial charge is 0.241 e. The number of anilines is 2. The lowest BCUT2D eigenvalue weighted by molar-refractivity contribution is -0.126. The second kappa shape index (κ2) is 6.01. The number of carbonyl (C=O) groups excluding carboxylic acids is 1. The van der Waals surface area contributed by atoms with E-state index >= 15 is 0 Å². The maximum atomic E-state index is 11.5. The SMILES string of the molecule is CN(C)C(=O)CNc1nc(Cl)nc(N2CCCC2)n1. The van der Waals surface area contributed by atoms with Crippen LogP contribution in [0, 0.1) is 0 Å². The van der Waals surface area contributed by atoms with Crippen LogP contribution in [0.25, 0.3) is 0 Å². The highest BCUT2D eigenvalue weighted by atomic mass is 35.5. The molecule has 0 radical (unpaired) electrons. The van der Waals surface area contributed by atoms with E-state index in [2.05, 4.69) is 25.2 Å². The Hall–Kier alpha value is -1.63. The molecule has 19 heavy (non-hydrogen) atoms. The maximum Gasteiger partial charge on any atom is 0.241 e. The van der Waals surface area contributed by atoms with E-state index in [1.165, 1.54) is 4.90 Å². The molecule has 104 valence electrons. The van der Waals surface area contributed by atoms with Gasteiger partial charge in [-0.05, 0) is 24.4 Å². The van der Waals surface area contributed by atoms with Crippen LogP contribution in [-0.2, 0) is 4.79 Å². The van der Waals surface area contributed by atoms with E-state index in [-0.39, 0.29) is 17.7 Å². The van der Waals surface area contributed by atoms with Gasteiger partial charge in [0.15, 0.2) is 0 Å². The predicted molar refractivity (Wildman–Crippen MR) is 73.5 cm³/mol. The van der Waals surface area contributed by atoms with Gasteiger partial charge >= 0.3 is 0 Å². The van der Waals surface area contributed by atoms with E-state index in [9.17, 15) is 4.79 Å². The minimum Gasteiger partial charge on any atom is -0.347 e. The predicted octanol–water partition coefficient (Wildman–Crippen LogP) is 0.625. The number of nitrogens with zero attached hydrogens (tertiary/aromatic N) is 5. The Kier molecular flexibility index (Phi) is 4.36. The Labute approximate surface area is 117 Å². The zero-order valence-corrected chi connectivity index (χ0v) is 11.8. The van der Waals surface area contributed by atoms with Gasteiger partial charge in [-0.15, -0.1) is 0 Å². The molecule has 0 spiro atoms. The normalized spacial score (nSPS) is 14.6. The molecule has 1 fully saturated rings. The summed E-state index contributed by atoms with van der Waals surface area (Å²) in [5.74, 6) is 0.841. The number of likely N-dealkylation sites (N-methyl/N-ethyl adjacent to an activating group) is 1. The van der Waals surface area contributed by atoms with Crippen LogP contribution in [0.4, 0.5) is 11.9 Å². The van der Waals surface area contributed by atoms with Gasteiger partial charge in [-0.2, -0.15) is 15.0 Å². The molecule has 1 saturated heterocycles. The first-order valence-electron chi connectivity index (χ1n) is 6.17. The van der Waals surface area contributed by atoms with Gasteiger partial charge in [-0.3, -0.25) is 4.79 Å². The number of amides is 1. The van der Waals surface area contributed by atoms with Crippen molar-refractivity contribution in [3.63, 3.8) is 0 Å². The van der Waals surface area contributed by atoms with Crippen LogP contribution in [0.5, 0.6) is 0 Å². The zero-order chi connectivity index (χ0) is 13.8. The third-order valence-electron chi connectivity index (χ3n) is 2.88. The third-order valence-corrected chi connectivity index (χ3v) is 3.05. The van der Waals surface area contributed by atoms with Crippen molar-refractivity contribution in [3.8, 4) is 0 Å². The number of rotatable bonds is 4. The van der Waals surface area contributed by atoms with E-state index < -0.39 is 0 Å². The minimum atomic E-state index is -0.0562. The lowest BCUT2D eigenvalue weighted by Crippen LogP contribution is -2.29. The molecule has 0 aromatic carbocycles. The Bertz CT molecular complexity index is 460. The third kappa shape index (κ3) is 3.66. The van der Waals surface area contributed by atoms with Gasteiger partial charge in [0, 0.05) is 27.2 Å². The summed E-state index contributed by atoms with van der Waals surface area (Å²) in [6.45, 7) is 1.99. The number of hydrogen-bond acceptors (Lipinski definition) is 6. The molecule has 8 heteroatoms. The molecule has 0 bridgehead atoms. The molecule has 0 saturated carbocycles. The summed E-state index contributed by atoms with van der Waals surface area (Å²) in [7, 11) is 3.39. The first-order valence-corrected chi connectivity index (χ1v) is 6.54. The van der Waals surface area contributed by atoms with Crippen LogP contribution in [-0.4, -0.2) is 59.5 Å². The van der Waals surface area contributed by atoms with E-state index in [1.54, 1.807) is 14.1 Å². The summed E-state index contributed by atoms with van der Waals surface area (Å²) in [5, 5.41) is 3.00. The molecule has 0 unspecified atom stereocenters. The van der Waals surface area contributed by atoms with Crippen LogP contribution in [0.2, 0.25) is 5.28 Å². The number of hydrogen-bond donors (Lipinski definition) is 1. The molecular weight excluding hydrogens is 268 g/mol. The van der Waals surface area contributed by atoms with E-state index in [4.69, 9.17) is 11.6 Å². The van der Waals surface area contributed by atoms with Crippen molar-refractivity contribution in [2.45, 2.75) is 12.8 Å². The second-order valence-corrected chi connectivity index (χ2v) is 4.90. The fourth-order valence-electron chi connectivity index (χ4n) is 1.79. The Morgan fingerprint density at radius 3 is 2.63 bits per heavy atom. The van der Waals surface area contributed by atoms with Crippen molar-refractivity contribution < 1.29 is 4.79 Å². The Morgan fingerprint density at radius 1 is 1.32 bits per heavy atom. The topological polar surface area (TPSA) is 74.2 Å². The molecule has 2 heterocycles. The van der Waals surface area contributed by atoms with Crippen molar-refractivity contribution >= 4 is 29.4 Å². The second-order valence-electron chi connectivity index (χ2n) is 4.56. The summed E-state index contributed by atoms with van der Waals surface area (Å²) in [6.07, 6.45) is 2.26. The summed E-state index contributed by atoms with van der Waals surface area (Å²) in [4.78, 5) is 27.4. The van der Waals surface area contributed by atoms with E-state index in [1.807, 2.05) is 0 Å². The van der Waals surface area contributed by atoms with Crippen LogP contribution >= 0.6 is 11.6 Å². The van der Waals surface area contributed by atoms with Gasteiger partial charge in [0.2, 0.25) is 23.1 Å². The molecule has 1 amide bonds. The van der Waals surface area contributed by atoms with Crippen LogP contribution in [0.3, 0.4) is 0 Å². The van der Waals surface area contributed by atoms with Crippen LogP contribution in [0.1, 0.15) is 12.8 Å². The summed E-state index contributed by atoms with van der Waals surface area (Å²) >= 11 is 5.88. The first kappa shape index (κ1) is 13.8. The zero-order valence-electron chi connectivity index (χ0n) is 11.1. The molecule has 7 nitrogen and oxygen atoms in total. The Balaban J connectivity index is 2.06. The fraction of sp³-hybridized carbons (Fsp3) is 0.636. The molecule has 1 aliphatic rings. The molecule has 1 aromatic rings. The highest BCUT2D eigenvalue weighted by Gasteiger charge is 2.17. The first-order chi connectivity index (χ1) is 9.06. The highest BCUT2D eigenvalue weighted by molar-refractivity contribution is 6.28. The van der Waals surface area contributed by atoms with E-state index in [0.29, 0.717) is 11.9 Å². The Morgan fingerprint density at radius 2 is 2.00 bits per heavy atom. The molecule has 0 aliphatic carbocycles. The molecule has 1 aromatic heterocycles. The molecule has 0 atom stereocenters. The molecule has 1 aliphatic heterocycles. The minimum absolute atomic E-state index is 0.0562. The average Bonchev–Trinajstić information content (AvgIpc) is 2.89.